The standard InChI is InChI=1S/C54H43F2N7O7S/c1-62-46-29-40(19-21-42(46)52(60-62)43-22-24-50(69-32-35-13-7-3-8-14-35)59-54(43)70-33-36-15-9-4-10-16-36)57-45-23-17-37(25-44(45)55)26-48(64)58-39-18-20-41-38(27-39)28-47(68-31-34-11-5-2-6-12-34)53(51(41)56)63-30-49(65)61-71(63,66)67/h2-25,27-29,57H,26,30-33H2,1H3,(H,58,64)(H,61,65). The fraction of sp³-hybridized carbons (Fsp3) is 0.111. The van der Waals surface area contributed by atoms with E-state index in [9.17, 15) is 18.0 Å². The quantitative estimate of drug-likeness (QED) is 0.0849. The van der Waals surface area contributed by atoms with Crippen LogP contribution in [0.5, 0.6) is 17.5 Å². The summed E-state index contributed by atoms with van der Waals surface area (Å²) in [6.45, 7) is -0.0397. The summed E-state index contributed by atoms with van der Waals surface area (Å²) < 4.78 is 80.3. The van der Waals surface area contributed by atoms with E-state index >= 15 is 8.78 Å². The van der Waals surface area contributed by atoms with Crippen LogP contribution in [0.4, 0.5) is 31.5 Å². The van der Waals surface area contributed by atoms with Crippen LogP contribution in [0, 0.1) is 11.6 Å². The number of aryl methyl sites for hydroxylation is 1. The van der Waals surface area contributed by atoms with Gasteiger partial charge in [-0.25, -0.2) is 17.8 Å². The Morgan fingerprint density at radius 2 is 1.35 bits per heavy atom. The van der Waals surface area contributed by atoms with Crippen molar-refractivity contribution in [3.63, 3.8) is 0 Å². The normalized spacial score (nSPS) is 13.0. The predicted octanol–water partition coefficient (Wildman–Crippen LogP) is 9.91. The Hall–Kier alpha value is -8.83. The smallest absolute Gasteiger partial charge is 0.326 e. The molecule has 0 aliphatic carbocycles. The van der Waals surface area contributed by atoms with Gasteiger partial charge in [0, 0.05) is 35.3 Å². The summed E-state index contributed by atoms with van der Waals surface area (Å²) in [5.41, 5.74) is 5.85. The Kier molecular flexibility index (Phi) is 12.7. The molecule has 7 aromatic carbocycles. The predicted molar refractivity (Wildman–Crippen MR) is 267 cm³/mol. The first-order valence-corrected chi connectivity index (χ1v) is 23.8. The molecule has 3 heterocycles. The van der Waals surface area contributed by atoms with Crippen LogP contribution in [0.25, 0.3) is 32.9 Å². The van der Waals surface area contributed by atoms with Gasteiger partial charge in [0.15, 0.2) is 5.82 Å². The van der Waals surface area contributed by atoms with Crippen molar-refractivity contribution in [1.82, 2.24) is 19.5 Å². The van der Waals surface area contributed by atoms with E-state index in [0.717, 1.165) is 27.6 Å². The summed E-state index contributed by atoms with van der Waals surface area (Å²) >= 11 is 0. The number of aromatic nitrogens is 3. The van der Waals surface area contributed by atoms with E-state index in [0.29, 0.717) is 56.3 Å². The first-order chi connectivity index (χ1) is 34.4. The minimum absolute atomic E-state index is 0.0240. The Labute approximate surface area is 406 Å². The van der Waals surface area contributed by atoms with E-state index < -0.39 is 45.9 Å². The van der Waals surface area contributed by atoms with Gasteiger partial charge in [0.1, 0.15) is 49.3 Å². The number of carbonyl (C=O) groups excluding carboxylic acids is 2. The first-order valence-electron chi connectivity index (χ1n) is 22.4. The zero-order valence-electron chi connectivity index (χ0n) is 37.9. The molecule has 3 N–H and O–H groups in total. The van der Waals surface area contributed by atoms with Crippen molar-refractivity contribution in [3.8, 4) is 28.8 Å². The maximum atomic E-state index is 16.3. The van der Waals surface area contributed by atoms with E-state index in [2.05, 4.69) is 10.6 Å². The van der Waals surface area contributed by atoms with Gasteiger partial charge in [0.2, 0.25) is 17.7 Å². The maximum Gasteiger partial charge on any atom is 0.326 e. The number of hydrogen-bond donors (Lipinski definition) is 3. The van der Waals surface area contributed by atoms with Crippen LogP contribution in [-0.4, -0.2) is 41.5 Å². The average Bonchev–Trinajstić information content (AvgIpc) is 3.85. The van der Waals surface area contributed by atoms with Crippen LogP contribution >= 0.6 is 0 Å². The third kappa shape index (κ3) is 10.2. The second-order valence-electron chi connectivity index (χ2n) is 16.7. The van der Waals surface area contributed by atoms with Gasteiger partial charge in [-0.3, -0.25) is 14.3 Å². The number of carbonyl (C=O) groups is 2. The fourth-order valence-corrected chi connectivity index (χ4v) is 9.39. The van der Waals surface area contributed by atoms with Gasteiger partial charge >= 0.3 is 10.2 Å². The largest absolute Gasteiger partial charge is 0.487 e. The molecule has 1 saturated heterocycles. The minimum atomic E-state index is -4.38. The topological polar surface area (TPSA) is 166 Å². The molecule has 2 amide bonds. The Morgan fingerprint density at radius 3 is 2.01 bits per heavy atom. The highest BCUT2D eigenvalue weighted by Crippen LogP contribution is 2.41. The lowest BCUT2D eigenvalue weighted by Crippen LogP contribution is -2.30. The Bertz CT molecular complexity index is 3580. The summed E-state index contributed by atoms with van der Waals surface area (Å²) in [4.78, 5) is 30.2. The van der Waals surface area contributed by atoms with Crippen LogP contribution in [0.15, 0.2) is 164 Å². The van der Waals surface area contributed by atoms with E-state index in [1.54, 1.807) is 47.1 Å². The number of nitrogens with one attached hydrogen (secondary N) is 3. The second kappa shape index (κ2) is 19.6. The lowest BCUT2D eigenvalue weighted by atomic mass is 10.1. The highest BCUT2D eigenvalue weighted by Gasteiger charge is 2.38. The van der Waals surface area contributed by atoms with E-state index in [1.807, 2.05) is 103 Å². The second-order valence-corrected chi connectivity index (χ2v) is 18.3. The molecule has 0 unspecified atom stereocenters. The molecule has 14 nitrogen and oxygen atoms in total. The summed E-state index contributed by atoms with van der Waals surface area (Å²) in [6.07, 6.45) is -0.183. The number of fused-ring (bicyclic) bond motifs is 2. The first kappa shape index (κ1) is 45.9. The highest BCUT2D eigenvalue weighted by atomic mass is 32.2. The number of ether oxygens (including phenoxy) is 3. The molecule has 1 aliphatic heterocycles. The number of hydrogen-bond acceptors (Lipinski definition) is 10. The third-order valence-electron chi connectivity index (χ3n) is 11.7. The van der Waals surface area contributed by atoms with Crippen molar-refractivity contribution in [2.75, 3.05) is 21.5 Å². The number of halogens is 2. The van der Waals surface area contributed by atoms with Gasteiger partial charge in [-0.15, -0.1) is 0 Å². The molecule has 10 rings (SSSR count). The molecule has 0 atom stereocenters. The molecule has 0 radical (unpaired) electrons. The average molecular weight is 972 g/mol. The van der Waals surface area contributed by atoms with Gasteiger partial charge < -0.3 is 24.8 Å². The van der Waals surface area contributed by atoms with E-state index in [-0.39, 0.29) is 36.5 Å². The molecule has 9 aromatic rings. The van der Waals surface area contributed by atoms with Crippen molar-refractivity contribution in [2.45, 2.75) is 26.2 Å². The van der Waals surface area contributed by atoms with Crippen molar-refractivity contribution in [2.24, 2.45) is 7.05 Å². The van der Waals surface area contributed by atoms with Crippen LogP contribution in [0.1, 0.15) is 22.3 Å². The van der Waals surface area contributed by atoms with Gasteiger partial charge in [-0.2, -0.15) is 18.5 Å². The number of nitrogens with zero attached hydrogens (tertiary/aromatic N) is 4. The lowest BCUT2D eigenvalue weighted by molar-refractivity contribution is -0.117. The van der Waals surface area contributed by atoms with Crippen LogP contribution < -0.4 is 33.9 Å². The van der Waals surface area contributed by atoms with Crippen molar-refractivity contribution in [1.29, 1.82) is 0 Å². The highest BCUT2D eigenvalue weighted by molar-refractivity contribution is 7.92. The zero-order valence-corrected chi connectivity index (χ0v) is 38.8. The van der Waals surface area contributed by atoms with Crippen LogP contribution in [-0.2, 0) is 53.1 Å². The molecular weight excluding hydrogens is 929 g/mol. The van der Waals surface area contributed by atoms with Gasteiger partial charge in [-0.1, -0.05) is 97.1 Å². The number of anilines is 4. The maximum absolute atomic E-state index is 16.3. The molecule has 2 aromatic heterocycles. The van der Waals surface area contributed by atoms with Crippen molar-refractivity contribution >= 4 is 66.4 Å². The van der Waals surface area contributed by atoms with Crippen LogP contribution in [0.3, 0.4) is 0 Å². The molecule has 0 saturated carbocycles. The molecule has 71 heavy (non-hydrogen) atoms. The number of amides is 2. The minimum Gasteiger partial charge on any atom is -0.487 e. The van der Waals surface area contributed by atoms with E-state index in [4.69, 9.17) is 24.3 Å². The zero-order chi connectivity index (χ0) is 49.1. The molecule has 1 fully saturated rings. The number of pyridine rings is 1. The summed E-state index contributed by atoms with van der Waals surface area (Å²) in [6, 6.07) is 48.1. The van der Waals surface area contributed by atoms with Crippen molar-refractivity contribution in [3.05, 3.63) is 198 Å². The molecule has 356 valence electrons. The fourth-order valence-electron chi connectivity index (χ4n) is 8.23. The summed E-state index contributed by atoms with van der Waals surface area (Å²) in [7, 11) is -2.56. The number of rotatable bonds is 16. The van der Waals surface area contributed by atoms with Crippen LogP contribution in [0.2, 0.25) is 0 Å². The molecule has 0 spiro atoms. The summed E-state index contributed by atoms with van der Waals surface area (Å²) in [5.74, 6) is -2.16. The monoisotopic (exact) mass is 971 g/mol. The summed E-state index contributed by atoms with van der Waals surface area (Å²) in [5, 5.41) is 11.9. The molecule has 0 bridgehead atoms. The molecular formula is C54H43F2N7O7S. The third-order valence-corrected chi connectivity index (χ3v) is 13.1. The molecule has 17 heteroatoms. The van der Waals surface area contributed by atoms with Gasteiger partial charge in [0.25, 0.3) is 5.91 Å². The Morgan fingerprint density at radius 1 is 0.704 bits per heavy atom. The SMILES string of the molecule is Cn1nc(-c2ccc(OCc3ccccc3)nc2OCc2ccccc2)c2ccc(Nc3ccc(CC(=O)Nc4ccc5c(F)c(N6CC(=O)NS6(=O)=O)c(OCc6ccccc6)cc5c4)cc3F)cc21. The van der Waals surface area contributed by atoms with Gasteiger partial charge in [-0.05, 0) is 88.3 Å². The van der Waals surface area contributed by atoms with Gasteiger partial charge in [0.05, 0.1) is 23.2 Å². The number of benzene rings is 7. The van der Waals surface area contributed by atoms with E-state index in [1.165, 1.54) is 30.3 Å². The Balaban J connectivity index is 0.838. The van der Waals surface area contributed by atoms with Crippen molar-refractivity contribution < 1.29 is 41.0 Å². The molecule has 1 aliphatic rings. The lowest BCUT2D eigenvalue weighted by Gasteiger charge is -2.21.